The Hall–Kier alpha value is -2.93. The fraction of sp³-hybridized carbons (Fsp3) is 0.192. The van der Waals surface area contributed by atoms with Crippen molar-refractivity contribution in [1.29, 1.82) is 0 Å². The third-order valence-corrected chi connectivity index (χ3v) is 6.96. The van der Waals surface area contributed by atoms with E-state index in [4.69, 9.17) is 35.4 Å². The van der Waals surface area contributed by atoms with E-state index in [1.54, 1.807) is 24.3 Å². The third-order valence-electron chi connectivity index (χ3n) is 5.86. The van der Waals surface area contributed by atoms with Gasteiger partial charge in [-0.15, -0.1) is 0 Å². The van der Waals surface area contributed by atoms with Crippen molar-refractivity contribution < 1.29 is 9.59 Å². The number of halogens is 2. The maximum Gasteiger partial charge on any atom is 0.270 e. The molecule has 8 heteroatoms. The van der Waals surface area contributed by atoms with Crippen LogP contribution in [0.25, 0.3) is 11.8 Å². The van der Waals surface area contributed by atoms with Crippen LogP contribution in [0, 0.1) is 13.8 Å². The molecule has 0 atom stereocenters. The largest absolute Gasteiger partial charge is 0.318 e. The van der Waals surface area contributed by atoms with E-state index in [1.807, 2.05) is 19.9 Å². The molecule has 1 aliphatic heterocycles. The quantitative estimate of drug-likeness (QED) is 0.252. The minimum Gasteiger partial charge on any atom is -0.318 e. The van der Waals surface area contributed by atoms with Crippen LogP contribution in [0.4, 0.5) is 5.69 Å². The van der Waals surface area contributed by atoms with Crippen molar-refractivity contribution in [2.45, 2.75) is 33.6 Å². The molecule has 1 fully saturated rings. The lowest BCUT2D eigenvalue weighted by Gasteiger charge is -2.29. The average molecular weight is 512 g/mol. The second kappa shape index (κ2) is 9.37. The number of aryl methyl sites for hydroxylation is 1. The second-order valence-electron chi connectivity index (χ2n) is 8.44. The second-order valence-corrected chi connectivity index (χ2v) is 9.61. The lowest BCUT2D eigenvalue weighted by Crippen LogP contribution is -2.54. The number of amides is 2. The fourth-order valence-electron chi connectivity index (χ4n) is 4.04. The summed E-state index contributed by atoms with van der Waals surface area (Å²) in [5.74, 6) is -0.682. The van der Waals surface area contributed by atoms with Gasteiger partial charge in [0.15, 0.2) is 5.11 Å². The van der Waals surface area contributed by atoms with Crippen molar-refractivity contribution in [3.63, 3.8) is 0 Å². The molecular formula is C26H23Cl2N3O2S. The van der Waals surface area contributed by atoms with Crippen molar-refractivity contribution >= 4 is 64.1 Å². The summed E-state index contributed by atoms with van der Waals surface area (Å²) in [4.78, 5) is 27.3. The van der Waals surface area contributed by atoms with Crippen molar-refractivity contribution in [1.82, 2.24) is 9.88 Å². The molecule has 0 saturated carbocycles. The predicted molar refractivity (Wildman–Crippen MR) is 142 cm³/mol. The molecule has 1 aromatic heterocycles. The smallest absolute Gasteiger partial charge is 0.270 e. The molecule has 3 aromatic rings. The molecular weight excluding hydrogens is 489 g/mol. The van der Waals surface area contributed by atoms with Crippen LogP contribution in [-0.2, 0) is 9.59 Å². The molecule has 1 N–H and O–H groups in total. The van der Waals surface area contributed by atoms with Crippen LogP contribution in [0.1, 0.15) is 42.3 Å². The molecule has 2 amide bonds. The van der Waals surface area contributed by atoms with Crippen LogP contribution >= 0.6 is 35.4 Å². The number of thiocarbonyl (C=S) groups is 1. The number of rotatable bonds is 4. The van der Waals surface area contributed by atoms with E-state index in [1.165, 1.54) is 10.5 Å². The molecule has 0 bridgehead atoms. The van der Waals surface area contributed by atoms with Gasteiger partial charge in [-0.05, 0) is 79.5 Å². The Labute approximate surface area is 214 Å². The number of aromatic nitrogens is 1. The summed E-state index contributed by atoms with van der Waals surface area (Å²) in [5.41, 5.74) is 5.18. The summed E-state index contributed by atoms with van der Waals surface area (Å²) < 4.78 is 2.10. The Kier molecular flexibility index (Phi) is 6.67. The molecule has 5 nitrogen and oxygen atoms in total. The van der Waals surface area contributed by atoms with Crippen LogP contribution in [-0.4, -0.2) is 21.5 Å². The lowest BCUT2D eigenvalue weighted by molar-refractivity contribution is -0.122. The van der Waals surface area contributed by atoms with Gasteiger partial charge >= 0.3 is 0 Å². The van der Waals surface area contributed by atoms with Gasteiger partial charge in [0, 0.05) is 17.1 Å². The number of nitrogens with one attached hydrogen (secondary N) is 1. The number of carbonyl (C=O) groups is 2. The highest BCUT2D eigenvalue weighted by Gasteiger charge is 2.36. The van der Waals surface area contributed by atoms with Crippen molar-refractivity contribution in [3.8, 4) is 5.69 Å². The van der Waals surface area contributed by atoms with Gasteiger partial charge in [0.25, 0.3) is 11.8 Å². The molecule has 2 aromatic carbocycles. The molecule has 4 rings (SSSR count). The molecule has 34 heavy (non-hydrogen) atoms. The minimum atomic E-state index is -0.566. The monoisotopic (exact) mass is 511 g/mol. The Morgan fingerprint density at radius 3 is 2.35 bits per heavy atom. The first kappa shape index (κ1) is 24.2. The van der Waals surface area contributed by atoms with Gasteiger partial charge < -0.3 is 4.57 Å². The van der Waals surface area contributed by atoms with Gasteiger partial charge in [0.2, 0.25) is 0 Å². The standard InChI is InChI=1S/C26H23Cl2N3O2S/c1-14(2)17-8-10-19(11-9-17)30-15(3)12-18(16(30)4)13-20-24(32)29-26(34)31(25(20)33)22-7-5-6-21(27)23(22)28/h5-14H,1-4H3,(H,29,32,34). The van der Waals surface area contributed by atoms with Crippen molar-refractivity contribution in [2.24, 2.45) is 0 Å². The van der Waals surface area contributed by atoms with E-state index in [-0.39, 0.29) is 20.7 Å². The van der Waals surface area contributed by atoms with E-state index in [2.05, 4.69) is 48.0 Å². The number of anilines is 1. The van der Waals surface area contributed by atoms with Crippen LogP contribution in [0.15, 0.2) is 54.1 Å². The molecule has 1 saturated heterocycles. The van der Waals surface area contributed by atoms with Crippen molar-refractivity contribution in [3.05, 3.63) is 86.7 Å². The van der Waals surface area contributed by atoms with Crippen molar-refractivity contribution in [2.75, 3.05) is 4.90 Å². The van der Waals surface area contributed by atoms with E-state index in [9.17, 15) is 9.59 Å². The Bertz CT molecular complexity index is 1360. The van der Waals surface area contributed by atoms with E-state index in [0.717, 1.165) is 22.6 Å². The van der Waals surface area contributed by atoms with Crippen LogP contribution in [0.2, 0.25) is 10.0 Å². The highest BCUT2D eigenvalue weighted by Crippen LogP contribution is 2.34. The maximum atomic E-state index is 13.4. The fourth-order valence-corrected chi connectivity index (χ4v) is 4.69. The predicted octanol–water partition coefficient (Wildman–Crippen LogP) is 6.36. The van der Waals surface area contributed by atoms with E-state index >= 15 is 0 Å². The summed E-state index contributed by atoms with van der Waals surface area (Å²) >= 11 is 17.7. The number of nitrogens with zero attached hydrogens (tertiary/aromatic N) is 2. The molecule has 2 heterocycles. The number of carbonyl (C=O) groups excluding carboxylic acids is 2. The molecule has 0 aliphatic carbocycles. The van der Waals surface area contributed by atoms with Gasteiger partial charge in [0.1, 0.15) is 5.57 Å². The summed E-state index contributed by atoms with van der Waals surface area (Å²) in [6.45, 7) is 8.25. The average Bonchev–Trinajstić information content (AvgIpc) is 3.06. The Morgan fingerprint density at radius 2 is 1.71 bits per heavy atom. The molecule has 174 valence electrons. The number of benzene rings is 2. The highest BCUT2D eigenvalue weighted by molar-refractivity contribution is 7.80. The topological polar surface area (TPSA) is 54.3 Å². The van der Waals surface area contributed by atoms with Gasteiger partial charge in [-0.3, -0.25) is 19.8 Å². The summed E-state index contributed by atoms with van der Waals surface area (Å²) in [6.07, 6.45) is 1.59. The molecule has 1 aliphatic rings. The first-order valence-electron chi connectivity index (χ1n) is 10.7. The van der Waals surface area contributed by atoms with Gasteiger partial charge in [-0.1, -0.05) is 55.2 Å². The third kappa shape index (κ3) is 4.29. The summed E-state index contributed by atoms with van der Waals surface area (Å²) in [5, 5.41) is 3.00. The normalized spacial score (nSPS) is 15.4. The Morgan fingerprint density at radius 1 is 1.03 bits per heavy atom. The van der Waals surface area contributed by atoms with E-state index < -0.39 is 11.8 Å². The number of hydrogen-bond donors (Lipinski definition) is 1. The summed E-state index contributed by atoms with van der Waals surface area (Å²) in [6, 6.07) is 15.2. The van der Waals surface area contributed by atoms with Gasteiger partial charge in [0.05, 0.1) is 15.7 Å². The minimum absolute atomic E-state index is 0.0416. The lowest BCUT2D eigenvalue weighted by atomic mass is 10.0. The zero-order chi connectivity index (χ0) is 24.7. The SMILES string of the molecule is Cc1cc(C=C2C(=O)NC(=S)N(c3cccc(Cl)c3Cl)C2=O)c(C)n1-c1ccc(C(C)C)cc1. The number of hydrogen-bond acceptors (Lipinski definition) is 3. The highest BCUT2D eigenvalue weighted by atomic mass is 35.5. The van der Waals surface area contributed by atoms with Crippen LogP contribution in [0.3, 0.4) is 0 Å². The van der Waals surface area contributed by atoms with Crippen LogP contribution in [0.5, 0.6) is 0 Å². The summed E-state index contributed by atoms with van der Waals surface area (Å²) in [7, 11) is 0. The first-order chi connectivity index (χ1) is 16.1. The Balaban J connectivity index is 1.75. The molecule has 0 radical (unpaired) electrons. The molecule has 0 spiro atoms. The maximum absolute atomic E-state index is 13.4. The zero-order valence-corrected chi connectivity index (χ0v) is 21.5. The van der Waals surface area contributed by atoms with E-state index in [0.29, 0.717) is 11.6 Å². The van der Waals surface area contributed by atoms with Gasteiger partial charge in [-0.25, -0.2) is 0 Å². The zero-order valence-electron chi connectivity index (χ0n) is 19.1. The van der Waals surface area contributed by atoms with Crippen LogP contribution < -0.4 is 10.2 Å². The first-order valence-corrected chi connectivity index (χ1v) is 11.9. The van der Waals surface area contributed by atoms with Gasteiger partial charge in [-0.2, -0.15) is 0 Å². The molecule has 0 unspecified atom stereocenters.